The molecule has 9 heteroatoms. The van der Waals surface area contributed by atoms with Gasteiger partial charge in [0.15, 0.2) is 0 Å². The van der Waals surface area contributed by atoms with Crippen molar-refractivity contribution in [2.75, 3.05) is 26.7 Å². The highest BCUT2D eigenvalue weighted by Gasteiger charge is 2.38. The molecule has 0 radical (unpaired) electrons. The van der Waals surface area contributed by atoms with E-state index in [1.807, 2.05) is 6.92 Å². The fraction of sp³-hybridized carbons (Fsp3) is 0.625. The second-order valence-electron chi connectivity index (χ2n) is 9.29. The van der Waals surface area contributed by atoms with Gasteiger partial charge in [0.05, 0.1) is 13.2 Å². The maximum Gasteiger partial charge on any atom is 0.247 e. The topological polar surface area (TPSA) is 107 Å². The van der Waals surface area contributed by atoms with Gasteiger partial charge in [0, 0.05) is 38.0 Å². The molecule has 0 saturated heterocycles. The second kappa shape index (κ2) is 10.0. The lowest BCUT2D eigenvalue weighted by Crippen LogP contribution is -2.50. The molecule has 1 amide bonds. The van der Waals surface area contributed by atoms with Gasteiger partial charge < -0.3 is 19.8 Å². The van der Waals surface area contributed by atoms with Gasteiger partial charge in [-0.05, 0) is 50.8 Å². The normalized spacial score (nSPS) is 24.9. The second-order valence-corrected chi connectivity index (χ2v) is 11.1. The summed E-state index contributed by atoms with van der Waals surface area (Å²) in [5.74, 6) is 5.70. The van der Waals surface area contributed by atoms with Crippen LogP contribution in [0, 0.1) is 17.8 Å². The Morgan fingerprint density at radius 1 is 1.36 bits per heavy atom. The summed E-state index contributed by atoms with van der Waals surface area (Å²) >= 11 is 0. The van der Waals surface area contributed by atoms with Gasteiger partial charge in [0.1, 0.15) is 22.4 Å². The molecule has 33 heavy (non-hydrogen) atoms. The minimum Gasteiger partial charge on any atom is -0.487 e. The number of carbonyl (C=O) groups excluding carboxylic acids is 1. The maximum absolute atomic E-state index is 13.5. The summed E-state index contributed by atoms with van der Waals surface area (Å²) in [5.41, 5.74) is -0.468. The number of carbonyl (C=O) groups is 1. The third-order valence-corrected chi connectivity index (χ3v) is 8.55. The molecule has 0 aromatic heterocycles. The number of ether oxygens (including phenoxy) is 1. The van der Waals surface area contributed by atoms with Gasteiger partial charge in [-0.1, -0.05) is 18.8 Å². The van der Waals surface area contributed by atoms with Crippen LogP contribution in [0.3, 0.4) is 0 Å². The lowest BCUT2D eigenvalue weighted by molar-refractivity contribution is -0.129. The number of amides is 1. The first kappa shape index (κ1) is 25.5. The number of likely N-dealkylation sites (N-methyl/N-ethyl adjacent to an activating group) is 1. The zero-order valence-corrected chi connectivity index (χ0v) is 20.6. The van der Waals surface area contributed by atoms with E-state index in [0.717, 1.165) is 12.8 Å². The van der Waals surface area contributed by atoms with E-state index in [9.17, 15) is 23.4 Å². The Bertz CT molecular complexity index is 1040. The minimum absolute atomic E-state index is 0.00435. The van der Waals surface area contributed by atoms with E-state index < -0.39 is 27.8 Å². The van der Waals surface area contributed by atoms with Crippen molar-refractivity contribution in [1.82, 2.24) is 9.21 Å². The van der Waals surface area contributed by atoms with Crippen LogP contribution in [-0.4, -0.2) is 78.2 Å². The summed E-state index contributed by atoms with van der Waals surface area (Å²) < 4.78 is 34.5. The first-order chi connectivity index (χ1) is 15.5. The summed E-state index contributed by atoms with van der Waals surface area (Å²) in [4.78, 5) is 13.4. The molecule has 2 aliphatic rings. The van der Waals surface area contributed by atoms with Crippen LogP contribution in [0.5, 0.6) is 5.75 Å². The Morgan fingerprint density at radius 2 is 2.03 bits per heavy atom. The molecular weight excluding hydrogens is 444 g/mol. The van der Waals surface area contributed by atoms with Crippen LogP contribution >= 0.6 is 0 Å². The fourth-order valence-corrected chi connectivity index (χ4v) is 6.02. The van der Waals surface area contributed by atoms with Gasteiger partial charge in [0.25, 0.3) is 0 Å². The molecule has 0 unspecified atom stereocenters. The van der Waals surface area contributed by atoms with E-state index >= 15 is 0 Å². The van der Waals surface area contributed by atoms with E-state index in [2.05, 4.69) is 11.8 Å². The number of rotatable bonds is 4. The number of aliphatic hydroxyl groups excluding tert-OH is 1. The first-order valence-corrected chi connectivity index (χ1v) is 12.8. The fourth-order valence-electron chi connectivity index (χ4n) is 4.19. The number of fused-ring (bicyclic) bond motifs is 1. The molecule has 1 aliphatic carbocycles. The summed E-state index contributed by atoms with van der Waals surface area (Å²) in [7, 11) is -2.27. The number of aliphatic hydroxyl groups is 2. The molecule has 1 aromatic rings. The molecular formula is C24H34N2O6S. The predicted octanol–water partition coefficient (Wildman–Crippen LogP) is 1.59. The van der Waals surface area contributed by atoms with Crippen molar-refractivity contribution in [1.29, 1.82) is 0 Å². The van der Waals surface area contributed by atoms with Gasteiger partial charge in [-0.15, -0.1) is 0 Å². The third kappa shape index (κ3) is 5.69. The molecule has 2 N–H and O–H groups in total. The lowest BCUT2D eigenvalue weighted by Gasteiger charge is -2.37. The maximum atomic E-state index is 13.5. The monoisotopic (exact) mass is 478 g/mol. The van der Waals surface area contributed by atoms with Gasteiger partial charge in [-0.25, -0.2) is 8.42 Å². The summed E-state index contributed by atoms with van der Waals surface area (Å²) in [5, 5.41) is 20.2. The molecule has 8 nitrogen and oxygen atoms in total. The van der Waals surface area contributed by atoms with Crippen LogP contribution in [0.2, 0.25) is 0 Å². The van der Waals surface area contributed by atoms with Crippen LogP contribution in [-0.2, 0) is 14.8 Å². The van der Waals surface area contributed by atoms with Crippen LogP contribution in [0.15, 0.2) is 23.1 Å². The van der Waals surface area contributed by atoms with Crippen molar-refractivity contribution in [2.45, 2.75) is 69.1 Å². The lowest BCUT2D eigenvalue weighted by atomic mass is 10.0. The van der Waals surface area contributed by atoms with Crippen molar-refractivity contribution in [3.8, 4) is 17.6 Å². The Morgan fingerprint density at radius 3 is 2.64 bits per heavy atom. The van der Waals surface area contributed by atoms with Crippen LogP contribution in [0.4, 0.5) is 0 Å². The van der Waals surface area contributed by atoms with Crippen LogP contribution < -0.4 is 4.74 Å². The number of sulfonamides is 1. The van der Waals surface area contributed by atoms with Crippen molar-refractivity contribution < 1.29 is 28.2 Å². The van der Waals surface area contributed by atoms with E-state index in [0.29, 0.717) is 18.4 Å². The highest BCUT2D eigenvalue weighted by molar-refractivity contribution is 7.89. The van der Waals surface area contributed by atoms with E-state index in [-0.39, 0.29) is 42.2 Å². The molecule has 1 heterocycles. The molecule has 182 valence electrons. The molecule has 3 atom stereocenters. The van der Waals surface area contributed by atoms with Crippen molar-refractivity contribution >= 4 is 15.9 Å². The van der Waals surface area contributed by atoms with Gasteiger partial charge in [-0.2, -0.15) is 4.31 Å². The van der Waals surface area contributed by atoms with Crippen LogP contribution in [0.25, 0.3) is 0 Å². The van der Waals surface area contributed by atoms with E-state index in [1.165, 1.54) is 22.2 Å². The smallest absolute Gasteiger partial charge is 0.247 e. The molecule has 1 aromatic carbocycles. The molecule has 1 fully saturated rings. The standard InChI is InChI=1S/C24H34N2O6S/c1-17-14-26(18(2)16-27)33(30,31)23-8-7-20(9-12-24(29)10-5-6-11-24)13-21(23)32-22(17)15-25(4)19(3)28/h7-8,13,17-18,22,27,29H,5-6,10-11,14-16H2,1-4H3/t17-,18-,22-/m1/s1. The minimum atomic E-state index is -3.94. The molecule has 3 rings (SSSR count). The quantitative estimate of drug-likeness (QED) is 0.637. The number of hydrogen-bond donors (Lipinski definition) is 2. The van der Waals surface area contributed by atoms with Gasteiger partial charge >= 0.3 is 0 Å². The van der Waals surface area contributed by atoms with Crippen molar-refractivity contribution in [2.24, 2.45) is 5.92 Å². The molecule has 1 aliphatic heterocycles. The average Bonchev–Trinajstić information content (AvgIpc) is 3.20. The average molecular weight is 479 g/mol. The van der Waals surface area contributed by atoms with E-state index in [1.54, 1.807) is 26.1 Å². The highest BCUT2D eigenvalue weighted by atomic mass is 32.2. The predicted molar refractivity (Wildman–Crippen MR) is 124 cm³/mol. The summed E-state index contributed by atoms with van der Waals surface area (Å²) in [6.07, 6.45) is 2.64. The Labute approximate surface area is 196 Å². The number of hydrogen-bond acceptors (Lipinski definition) is 6. The van der Waals surface area contributed by atoms with Crippen LogP contribution in [0.1, 0.15) is 52.0 Å². The Hall–Kier alpha value is -2.12. The van der Waals surface area contributed by atoms with Gasteiger partial charge in [0.2, 0.25) is 15.9 Å². The largest absolute Gasteiger partial charge is 0.487 e. The Balaban J connectivity index is 2.06. The van der Waals surface area contributed by atoms with Crippen molar-refractivity contribution in [3.63, 3.8) is 0 Å². The molecule has 0 bridgehead atoms. The first-order valence-electron chi connectivity index (χ1n) is 11.4. The zero-order chi connectivity index (χ0) is 24.4. The number of benzene rings is 1. The highest BCUT2D eigenvalue weighted by Crippen LogP contribution is 2.34. The molecule has 0 spiro atoms. The number of nitrogens with zero attached hydrogens (tertiary/aromatic N) is 2. The summed E-state index contributed by atoms with van der Waals surface area (Å²) in [6, 6.07) is 4.03. The third-order valence-electron chi connectivity index (χ3n) is 6.53. The summed E-state index contributed by atoms with van der Waals surface area (Å²) in [6.45, 7) is 5.11. The Kier molecular flexibility index (Phi) is 7.74. The van der Waals surface area contributed by atoms with E-state index in [4.69, 9.17) is 4.74 Å². The van der Waals surface area contributed by atoms with Crippen molar-refractivity contribution in [3.05, 3.63) is 23.8 Å². The SMILES string of the molecule is CC(=O)N(C)C[C@H]1Oc2cc(C#CC3(O)CCCC3)ccc2S(=O)(=O)N([C@H](C)CO)C[C@H]1C. The molecule has 1 saturated carbocycles. The zero-order valence-electron chi connectivity index (χ0n) is 19.7. The van der Waals surface area contributed by atoms with Gasteiger partial charge in [-0.3, -0.25) is 4.79 Å².